The van der Waals surface area contributed by atoms with Crippen molar-refractivity contribution in [1.82, 2.24) is 10.2 Å². The third-order valence-corrected chi connectivity index (χ3v) is 6.21. The molecule has 0 saturated heterocycles. The van der Waals surface area contributed by atoms with Gasteiger partial charge in [-0.25, -0.2) is 9.59 Å². The fourth-order valence-corrected chi connectivity index (χ4v) is 4.53. The van der Waals surface area contributed by atoms with Gasteiger partial charge in [-0.1, -0.05) is 54.6 Å². The molecule has 7 nitrogen and oxygen atoms in total. The highest BCUT2D eigenvalue weighted by atomic mass is 16.5. The van der Waals surface area contributed by atoms with Gasteiger partial charge in [-0.05, 0) is 42.5 Å². The molecule has 2 aliphatic rings. The van der Waals surface area contributed by atoms with Gasteiger partial charge < -0.3 is 20.1 Å². The number of alkyl carbamates (subject to hydrolysis) is 1. The van der Waals surface area contributed by atoms with Crippen LogP contribution in [0.5, 0.6) is 0 Å². The van der Waals surface area contributed by atoms with E-state index in [4.69, 9.17) is 9.84 Å². The van der Waals surface area contributed by atoms with E-state index in [2.05, 4.69) is 29.6 Å². The van der Waals surface area contributed by atoms with Crippen LogP contribution < -0.4 is 5.32 Å². The van der Waals surface area contributed by atoms with E-state index in [-0.39, 0.29) is 31.4 Å². The van der Waals surface area contributed by atoms with Gasteiger partial charge in [0.1, 0.15) is 6.61 Å². The number of rotatable bonds is 6. The first-order chi connectivity index (χ1) is 15.7. The summed E-state index contributed by atoms with van der Waals surface area (Å²) in [5.74, 6) is -1.12. The van der Waals surface area contributed by atoms with Crippen LogP contribution in [-0.2, 0) is 14.3 Å². The molecule has 2 aromatic carbocycles. The number of benzene rings is 2. The molecule has 0 saturated carbocycles. The Morgan fingerprint density at radius 3 is 2.21 bits per heavy atom. The summed E-state index contributed by atoms with van der Waals surface area (Å²) in [7, 11) is 0. The van der Waals surface area contributed by atoms with E-state index in [9.17, 15) is 14.4 Å². The molecule has 172 valence electrons. The first-order valence-electron chi connectivity index (χ1n) is 11.1. The Morgan fingerprint density at radius 2 is 1.67 bits per heavy atom. The van der Waals surface area contributed by atoms with Gasteiger partial charge in [-0.15, -0.1) is 0 Å². The molecule has 0 radical (unpaired) electrons. The van der Waals surface area contributed by atoms with E-state index < -0.39 is 17.6 Å². The molecular weight excluding hydrogens is 420 g/mol. The summed E-state index contributed by atoms with van der Waals surface area (Å²) in [6, 6.07) is 16.3. The van der Waals surface area contributed by atoms with Crippen molar-refractivity contribution in [2.45, 2.75) is 38.1 Å². The maximum absolute atomic E-state index is 12.7. The number of ether oxygens (including phenoxy) is 1. The van der Waals surface area contributed by atoms with Crippen molar-refractivity contribution in [3.8, 4) is 11.1 Å². The van der Waals surface area contributed by atoms with E-state index in [1.165, 1.54) is 0 Å². The van der Waals surface area contributed by atoms with Gasteiger partial charge in [0.15, 0.2) is 0 Å². The zero-order valence-electron chi connectivity index (χ0n) is 18.8. The first-order valence-corrected chi connectivity index (χ1v) is 11.1. The predicted octanol–water partition coefficient (Wildman–Crippen LogP) is 3.94. The van der Waals surface area contributed by atoms with E-state index in [0.717, 1.165) is 22.3 Å². The number of fused-ring (bicyclic) bond motifs is 3. The molecule has 4 rings (SSSR count). The van der Waals surface area contributed by atoms with Gasteiger partial charge >= 0.3 is 12.1 Å². The molecule has 0 unspecified atom stereocenters. The predicted molar refractivity (Wildman–Crippen MR) is 124 cm³/mol. The molecule has 0 aromatic heterocycles. The van der Waals surface area contributed by atoms with Gasteiger partial charge in [-0.3, -0.25) is 4.79 Å². The van der Waals surface area contributed by atoms with Gasteiger partial charge in [0, 0.05) is 36.5 Å². The molecule has 2 amide bonds. The quantitative estimate of drug-likeness (QED) is 0.698. The zero-order valence-corrected chi connectivity index (χ0v) is 18.8. The number of hydrogen-bond acceptors (Lipinski definition) is 4. The average Bonchev–Trinajstić information content (AvgIpc) is 3.11. The molecule has 0 bridgehead atoms. The van der Waals surface area contributed by atoms with Crippen LogP contribution in [0.25, 0.3) is 11.1 Å². The molecule has 0 atom stereocenters. The largest absolute Gasteiger partial charge is 0.478 e. The fraction of sp³-hybridized carbons (Fsp3) is 0.346. The van der Waals surface area contributed by atoms with E-state index in [0.29, 0.717) is 18.5 Å². The van der Waals surface area contributed by atoms with Crippen molar-refractivity contribution >= 4 is 18.0 Å². The maximum atomic E-state index is 12.7. The highest BCUT2D eigenvalue weighted by molar-refractivity contribution is 5.87. The molecule has 7 heteroatoms. The van der Waals surface area contributed by atoms with E-state index in [1.54, 1.807) is 24.8 Å². The van der Waals surface area contributed by atoms with Crippen LogP contribution in [0.4, 0.5) is 4.79 Å². The first kappa shape index (κ1) is 22.6. The average molecular weight is 449 g/mol. The lowest BCUT2D eigenvalue weighted by Crippen LogP contribution is -2.48. The summed E-state index contributed by atoms with van der Waals surface area (Å²) in [5.41, 5.74) is 4.12. The molecule has 1 aliphatic heterocycles. The molecule has 2 N–H and O–H groups in total. The molecule has 1 heterocycles. The highest BCUT2D eigenvalue weighted by Crippen LogP contribution is 2.44. The van der Waals surface area contributed by atoms with Crippen LogP contribution in [0.3, 0.4) is 0 Å². The third kappa shape index (κ3) is 4.92. The molecule has 2 aromatic rings. The SMILES string of the molecule is CC(C)(CC(=O)N1CC=C(C(=O)O)CC1)NC(=O)OCC1c2ccccc2-c2ccccc21. The summed E-state index contributed by atoms with van der Waals surface area (Å²) >= 11 is 0. The number of nitrogens with zero attached hydrogens (tertiary/aromatic N) is 1. The second-order valence-electron chi connectivity index (χ2n) is 9.14. The van der Waals surface area contributed by atoms with Crippen LogP contribution in [-0.4, -0.2) is 53.2 Å². The topological polar surface area (TPSA) is 95.9 Å². The van der Waals surface area contributed by atoms with Crippen molar-refractivity contribution in [2.75, 3.05) is 19.7 Å². The summed E-state index contributed by atoms with van der Waals surface area (Å²) in [6.45, 7) is 4.38. The Hall–Kier alpha value is -3.61. The van der Waals surface area contributed by atoms with Crippen molar-refractivity contribution in [1.29, 1.82) is 0 Å². The molecule has 1 aliphatic carbocycles. The maximum Gasteiger partial charge on any atom is 0.407 e. The Labute approximate surface area is 193 Å². The number of aliphatic carboxylic acids is 1. The lowest BCUT2D eigenvalue weighted by atomic mass is 9.98. The van der Waals surface area contributed by atoms with Crippen molar-refractivity contribution in [3.63, 3.8) is 0 Å². The van der Waals surface area contributed by atoms with Crippen LogP contribution in [0.2, 0.25) is 0 Å². The second kappa shape index (κ2) is 9.10. The smallest absolute Gasteiger partial charge is 0.407 e. The highest BCUT2D eigenvalue weighted by Gasteiger charge is 2.31. The van der Waals surface area contributed by atoms with E-state index in [1.807, 2.05) is 24.3 Å². The second-order valence-corrected chi connectivity index (χ2v) is 9.14. The summed E-state index contributed by atoms with van der Waals surface area (Å²) in [5, 5.41) is 11.9. The number of hydrogen-bond donors (Lipinski definition) is 2. The zero-order chi connectivity index (χ0) is 23.6. The normalized spacial score (nSPS) is 15.3. The minimum atomic E-state index is -0.945. The molecule has 33 heavy (non-hydrogen) atoms. The monoisotopic (exact) mass is 448 g/mol. The lowest BCUT2D eigenvalue weighted by molar-refractivity contribution is -0.135. The van der Waals surface area contributed by atoms with Crippen LogP contribution in [0, 0.1) is 0 Å². The lowest BCUT2D eigenvalue weighted by Gasteiger charge is -2.31. The number of carboxylic acid groups (broad SMARTS) is 1. The van der Waals surface area contributed by atoms with Crippen LogP contribution in [0.1, 0.15) is 43.7 Å². The van der Waals surface area contributed by atoms with E-state index >= 15 is 0 Å². The summed E-state index contributed by atoms with van der Waals surface area (Å²) in [6.07, 6.45) is 1.41. The van der Waals surface area contributed by atoms with Crippen molar-refractivity contribution < 1.29 is 24.2 Å². The van der Waals surface area contributed by atoms with Crippen molar-refractivity contribution in [3.05, 3.63) is 71.3 Å². The van der Waals surface area contributed by atoms with Gasteiger partial charge in [-0.2, -0.15) is 0 Å². The Bertz CT molecular complexity index is 1080. The standard InChI is InChI=1S/C26H28N2O5/c1-26(2,15-23(29)28-13-11-17(12-14-28)24(30)31)27-25(32)33-16-22-20-9-5-3-7-18(20)19-8-4-6-10-21(19)22/h3-11,22H,12-16H2,1-2H3,(H,27,32)(H,30,31). The third-order valence-electron chi connectivity index (χ3n) is 6.21. The minimum Gasteiger partial charge on any atom is -0.478 e. The van der Waals surface area contributed by atoms with Gasteiger partial charge in [0.05, 0.1) is 0 Å². The summed E-state index contributed by atoms with van der Waals surface area (Å²) in [4.78, 5) is 37.9. The van der Waals surface area contributed by atoms with Gasteiger partial charge in [0.25, 0.3) is 0 Å². The number of carbonyl (C=O) groups is 3. The fourth-order valence-electron chi connectivity index (χ4n) is 4.53. The number of amides is 2. The van der Waals surface area contributed by atoms with Gasteiger partial charge in [0.2, 0.25) is 5.91 Å². The summed E-state index contributed by atoms with van der Waals surface area (Å²) < 4.78 is 5.59. The van der Waals surface area contributed by atoms with Crippen LogP contribution >= 0.6 is 0 Å². The number of carbonyl (C=O) groups excluding carboxylic acids is 2. The Kier molecular flexibility index (Phi) is 6.22. The minimum absolute atomic E-state index is 0.0311. The number of carboxylic acids is 1. The Morgan fingerprint density at radius 1 is 1.06 bits per heavy atom. The molecule has 0 spiro atoms. The van der Waals surface area contributed by atoms with Crippen molar-refractivity contribution in [2.24, 2.45) is 0 Å². The Balaban J connectivity index is 1.33. The molecular formula is C26H28N2O5. The van der Waals surface area contributed by atoms with Crippen LogP contribution in [0.15, 0.2) is 60.2 Å². The number of nitrogens with one attached hydrogen (secondary N) is 1. The molecule has 0 fully saturated rings.